The quantitative estimate of drug-likeness (QED) is 0.111. The number of amides is 8. The number of nitrogens with zero attached hydrogens (tertiary/aromatic N) is 6. The van der Waals surface area contributed by atoms with E-state index in [4.69, 9.17) is 22.3 Å². The number of hydrogen-bond acceptors (Lipinski definition) is 16. The molecule has 1 unspecified atom stereocenters. The van der Waals surface area contributed by atoms with Crippen LogP contribution in [0.4, 0.5) is 0 Å². The Balaban J connectivity index is 1.08. The number of carbonyl (C=O) groups is 8. The van der Waals surface area contributed by atoms with Gasteiger partial charge >= 0.3 is 0 Å². The topological polar surface area (TPSA) is 314 Å². The Morgan fingerprint density at radius 1 is 0.885 bits per heavy atom. The molecule has 3 aromatic heterocycles. The smallest absolute Gasteiger partial charge is 0.247 e. The normalized spacial score (nSPS) is 23.0. The summed E-state index contributed by atoms with van der Waals surface area (Å²) in [6.07, 6.45) is -1.59. The van der Waals surface area contributed by atoms with E-state index in [1.807, 2.05) is 37.5 Å². The second-order valence-corrected chi connectivity index (χ2v) is 23.8. The minimum atomic E-state index is -1.58. The molecule has 0 aliphatic carbocycles. The Kier molecular flexibility index (Phi) is 17.5. The number of aliphatic imine (C=N–C) groups is 1. The van der Waals surface area contributed by atoms with Gasteiger partial charge in [0, 0.05) is 46.3 Å². The van der Waals surface area contributed by atoms with Crippen LogP contribution in [-0.2, 0) is 38.4 Å². The van der Waals surface area contributed by atoms with Gasteiger partial charge in [0.1, 0.15) is 47.1 Å². The van der Waals surface area contributed by atoms with Gasteiger partial charge in [-0.15, -0.1) is 44.6 Å². The molecule has 2 saturated heterocycles. The minimum Gasteiger partial charge on any atom is -0.391 e. The van der Waals surface area contributed by atoms with Crippen molar-refractivity contribution in [3.63, 3.8) is 0 Å². The van der Waals surface area contributed by atoms with Gasteiger partial charge in [-0.05, 0) is 61.9 Å². The van der Waals surface area contributed by atoms with Crippen LogP contribution in [0.25, 0.3) is 15.4 Å². The van der Waals surface area contributed by atoms with Crippen molar-refractivity contribution < 1.29 is 43.5 Å². The molecular weight excluding hydrogens is 1080 g/mol. The molecule has 0 saturated carbocycles. The molecule has 8 rings (SSSR count). The number of aryl methyl sites for hydroxylation is 3. The van der Waals surface area contributed by atoms with Crippen LogP contribution >= 0.6 is 46.0 Å². The molecule has 0 spiro atoms. The fraction of sp³-hybridized carbons (Fsp3) is 0.423. The highest BCUT2D eigenvalue weighted by atomic mass is 35.5. The molecule has 22 nitrogen and oxygen atoms in total. The summed E-state index contributed by atoms with van der Waals surface area (Å²) in [5.41, 5.74) is 11.6. The zero-order chi connectivity index (χ0) is 56.3. The number of aliphatic hydroxyl groups excluding tert-OH is 1. The monoisotopic (exact) mass is 1140 g/mol. The molecule has 78 heavy (non-hydrogen) atoms. The number of nitrogens with one attached hydrogen (secondary N) is 6. The summed E-state index contributed by atoms with van der Waals surface area (Å²) in [4.78, 5) is 124. The Hall–Kier alpha value is -7.06. The summed E-state index contributed by atoms with van der Waals surface area (Å²) in [7, 11) is 0. The lowest BCUT2D eigenvalue weighted by Gasteiger charge is -2.35. The Morgan fingerprint density at radius 2 is 1.59 bits per heavy atom. The zero-order valence-electron chi connectivity index (χ0n) is 43.8. The van der Waals surface area contributed by atoms with Gasteiger partial charge in [0.15, 0.2) is 5.82 Å². The molecule has 8 amide bonds. The maximum absolute atomic E-state index is 14.4. The van der Waals surface area contributed by atoms with Crippen LogP contribution in [0.15, 0.2) is 59.0 Å². The van der Waals surface area contributed by atoms with Crippen LogP contribution in [0.2, 0.25) is 5.02 Å². The highest BCUT2D eigenvalue weighted by molar-refractivity contribution is 8.00. The maximum Gasteiger partial charge on any atom is 0.247 e. The summed E-state index contributed by atoms with van der Waals surface area (Å²) in [5.74, 6) is -5.92. The predicted molar refractivity (Wildman–Crippen MR) is 295 cm³/mol. The summed E-state index contributed by atoms with van der Waals surface area (Å²) in [5, 5.41) is 36.9. The van der Waals surface area contributed by atoms with Gasteiger partial charge in [-0.1, -0.05) is 68.8 Å². The van der Waals surface area contributed by atoms with Crippen LogP contribution in [0.3, 0.4) is 0 Å². The average Bonchev–Trinajstić information content (AvgIpc) is 4.24. The fourth-order valence-electron chi connectivity index (χ4n) is 9.32. The van der Waals surface area contributed by atoms with Crippen LogP contribution in [0, 0.1) is 33.1 Å². The third kappa shape index (κ3) is 12.8. The van der Waals surface area contributed by atoms with Crippen molar-refractivity contribution >= 4 is 99.0 Å². The molecule has 5 aromatic rings. The number of fused-ring (bicyclic) bond motifs is 4. The van der Waals surface area contributed by atoms with E-state index in [9.17, 15) is 43.5 Å². The summed E-state index contributed by atoms with van der Waals surface area (Å²) in [6.45, 7) is 11.3. The van der Waals surface area contributed by atoms with Crippen molar-refractivity contribution in [1.82, 2.24) is 56.5 Å². The van der Waals surface area contributed by atoms with E-state index in [2.05, 4.69) is 47.1 Å². The number of benzene rings is 2. The van der Waals surface area contributed by atoms with Crippen molar-refractivity contribution in [2.45, 2.75) is 104 Å². The van der Waals surface area contributed by atoms with Crippen LogP contribution in [0.1, 0.15) is 90.2 Å². The Labute approximate surface area is 466 Å². The molecule has 0 bridgehead atoms. The number of primary amides is 1. The van der Waals surface area contributed by atoms with Crippen molar-refractivity contribution in [1.29, 1.82) is 0 Å². The molecule has 26 heteroatoms. The number of thioether (sulfide) groups is 1. The second-order valence-electron chi connectivity index (χ2n) is 20.3. The highest BCUT2D eigenvalue weighted by Gasteiger charge is 2.45. The zero-order valence-corrected chi connectivity index (χ0v) is 47.0. The van der Waals surface area contributed by atoms with Crippen LogP contribution in [0.5, 0.6) is 0 Å². The molecule has 9 N–H and O–H groups in total. The van der Waals surface area contributed by atoms with Crippen molar-refractivity contribution in [3.8, 4) is 15.4 Å². The van der Waals surface area contributed by atoms with Crippen LogP contribution in [-0.4, -0.2) is 144 Å². The van der Waals surface area contributed by atoms with Crippen molar-refractivity contribution in [2.75, 3.05) is 31.1 Å². The second kappa shape index (κ2) is 23.9. The van der Waals surface area contributed by atoms with E-state index >= 15 is 0 Å². The van der Waals surface area contributed by atoms with E-state index in [1.165, 1.54) is 27.6 Å². The average molecular weight is 1140 g/mol. The fourth-order valence-corrected chi connectivity index (χ4v) is 12.3. The molecule has 7 atom stereocenters. The summed E-state index contributed by atoms with van der Waals surface area (Å²) >= 11 is 10.2. The number of thiazole rings is 1. The lowest BCUT2D eigenvalue weighted by atomic mass is 9.85. The van der Waals surface area contributed by atoms with E-state index in [0.717, 1.165) is 54.5 Å². The molecule has 3 aliphatic rings. The third-order valence-electron chi connectivity index (χ3n) is 13.6. The van der Waals surface area contributed by atoms with Gasteiger partial charge in [0.25, 0.3) is 0 Å². The lowest BCUT2D eigenvalue weighted by molar-refractivity contribution is -0.144. The highest BCUT2D eigenvalue weighted by Crippen LogP contribution is 2.40. The van der Waals surface area contributed by atoms with Crippen LogP contribution < -0.4 is 37.6 Å². The first kappa shape index (κ1) is 57.1. The molecule has 6 heterocycles. The lowest BCUT2D eigenvalue weighted by Crippen LogP contribution is -2.58. The SMILES string of the molecule is Cc1ncsc1-c1ccc([C@H]2NC(=O)[C@@H]3C[C@@H](O)CN3C(=O)[C@H](C(C)(C)C)NC(=O)CSC[C@H](C(N)=O)NC(=O)C(CNC(=O)C[C@@H]3N=C(c4ccc(Cl)cc4)c4c(sc(C)c4C)-n4c(C)nnc43)NC(=O)CNC2=O)cc1. The molecular formula is C52H60ClN13O9S3. The molecule has 2 fully saturated rings. The van der Waals surface area contributed by atoms with Crippen molar-refractivity contribution in [2.24, 2.45) is 16.1 Å². The number of hydrogen-bond donors (Lipinski definition) is 8. The first-order valence-corrected chi connectivity index (χ1v) is 28.2. The number of aliphatic hydroxyl groups is 1. The van der Waals surface area contributed by atoms with Crippen molar-refractivity contribution in [3.05, 3.63) is 104 Å². The maximum atomic E-state index is 14.4. The number of rotatable bonds is 8. The molecule has 3 aliphatic heterocycles. The number of thiophene rings is 1. The summed E-state index contributed by atoms with van der Waals surface area (Å²) in [6, 6.07) is 6.10. The summed E-state index contributed by atoms with van der Waals surface area (Å²) < 4.78 is 1.87. The van der Waals surface area contributed by atoms with E-state index in [1.54, 1.807) is 69.6 Å². The number of halogens is 1. The number of carbonyl (C=O) groups excluding carboxylic acids is 8. The van der Waals surface area contributed by atoms with Gasteiger partial charge in [-0.25, -0.2) is 4.98 Å². The molecule has 2 aromatic carbocycles. The first-order chi connectivity index (χ1) is 37.0. The van der Waals surface area contributed by atoms with Gasteiger partial charge in [0.05, 0.1) is 46.6 Å². The Bertz CT molecular complexity index is 3190. The standard InChI is InChI=1S/C52H60ClN13O9S3/c1-24-26(3)78-51-40(24)41(28-12-14-31(53)15-13-28)59-33(46-64-63-27(4)66(46)51)17-37(68)55-18-34-47(72)60-35(45(54)71)21-76-22-39(70)61-44(52(5,6)7)50(75)65-20-32(67)16-36(65)48(73)62-42(49(74)56-19-38(69)58-34)29-8-10-30(11-9-29)43-25(2)57-23-77-43/h8-15,23,32-36,42,44,67H,16-22H2,1-7H3,(H2,54,71)(H,55,68)(H,56,74)(H,58,69)(H,60,72)(H,61,70)(H,62,73)/t32-,33+,34?,35-,36+,42-,44-/m1/s1. The predicted octanol–water partition coefficient (Wildman–Crippen LogP) is 2.41. The van der Waals surface area contributed by atoms with E-state index < -0.39 is 108 Å². The van der Waals surface area contributed by atoms with Gasteiger partial charge in [-0.2, -0.15) is 0 Å². The van der Waals surface area contributed by atoms with E-state index in [0.29, 0.717) is 27.9 Å². The van der Waals surface area contributed by atoms with Gasteiger partial charge in [0.2, 0.25) is 47.3 Å². The van der Waals surface area contributed by atoms with Gasteiger partial charge < -0.3 is 47.6 Å². The Morgan fingerprint density at radius 3 is 2.26 bits per heavy atom. The first-order valence-electron chi connectivity index (χ1n) is 24.9. The largest absolute Gasteiger partial charge is 0.391 e. The molecule has 412 valence electrons. The van der Waals surface area contributed by atoms with E-state index in [-0.39, 0.29) is 30.9 Å². The third-order valence-corrected chi connectivity index (χ3v) is 17.0. The minimum absolute atomic E-state index is 0.180. The number of aromatic nitrogens is 4. The molecule has 0 radical (unpaired) electrons. The number of nitrogens with two attached hydrogens (primary N) is 1. The van der Waals surface area contributed by atoms with Gasteiger partial charge in [-0.3, -0.25) is 47.9 Å².